The molecule has 0 bridgehead atoms. The van der Waals surface area contributed by atoms with Crippen LogP contribution in [0.5, 0.6) is 5.75 Å². The smallest absolute Gasteiger partial charge is 0.131 e. The number of benzene rings is 1. The van der Waals surface area contributed by atoms with Crippen molar-refractivity contribution in [3.63, 3.8) is 0 Å². The van der Waals surface area contributed by atoms with Gasteiger partial charge < -0.3 is 4.74 Å². The van der Waals surface area contributed by atoms with Gasteiger partial charge in [0, 0.05) is 9.64 Å². The van der Waals surface area contributed by atoms with E-state index in [4.69, 9.17) is 4.74 Å². The Morgan fingerprint density at radius 2 is 1.79 bits per heavy atom. The molecule has 3 nitrogen and oxygen atoms in total. The van der Waals surface area contributed by atoms with Crippen molar-refractivity contribution in [2.75, 3.05) is 7.11 Å². The van der Waals surface area contributed by atoms with Crippen LogP contribution in [0.3, 0.4) is 0 Å². The van der Waals surface area contributed by atoms with Gasteiger partial charge >= 0.3 is 0 Å². The molecular formula is C15H20N2OS. The van der Waals surface area contributed by atoms with Crippen LogP contribution in [0, 0.1) is 13.8 Å². The second-order valence-electron chi connectivity index (χ2n) is 5.59. The van der Waals surface area contributed by atoms with Crippen LogP contribution < -0.4 is 4.74 Å². The first-order chi connectivity index (χ1) is 8.80. The minimum Gasteiger partial charge on any atom is -0.496 e. The Bertz CT molecular complexity index is 618. The maximum atomic E-state index is 5.51. The number of rotatable bonds is 2. The number of nitrogens with zero attached hydrogens (tertiary/aromatic N) is 2. The van der Waals surface area contributed by atoms with Crippen molar-refractivity contribution in [2.24, 2.45) is 0 Å². The highest BCUT2D eigenvalue weighted by Gasteiger charge is 2.16. The highest BCUT2D eigenvalue weighted by atomic mass is 32.2. The second-order valence-corrected chi connectivity index (χ2v) is 7.49. The van der Waals surface area contributed by atoms with Gasteiger partial charge in [0.2, 0.25) is 0 Å². The van der Waals surface area contributed by atoms with E-state index in [0.29, 0.717) is 0 Å². The summed E-state index contributed by atoms with van der Waals surface area (Å²) in [5.74, 6) is 1.65. The third-order valence-corrected chi connectivity index (χ3v) is 3.76. The maximum Gasteiger partial charge on any atom is 0.131 e. The molecule has 0 saturated heterocycles. The van der Waals surface area contributed by atoms with E-state index in [2.05, 4.69) is 42.9 Å². The Kier molecular flexibility index (Phi) is 3.72. The Balaban J connectivity index is 2.65. The molecule has 0 fully saturated rings. The molecule has 1 heterocycles. The van der Waals surface area contributed by atoms with E-state index in [0.717, 1.165) is 28.2 Å². The van der Waals surface area contributed by atoms with Crippen LogP contribution in [0.1, 0.15) is 32.3 Å². The van der Waals surface area contributed by atoms with Crippen molar-refractivity contribution in [1.82, 2.24) is 9.97 Å². The fourth-order valence-electron chi connectivity index (χ4n) is 2.10. The Morgan fingerprint density at radius 3 is 2.37 bits per heavy atom. The molecular weight excluding hydrogens is 256 g/mol. The van der Waals surface area contributed by atoms with Gasteiger partial charge in [0.1, 0.15) is 11.6 Å². The Hall–Kier alpha value is -1.29. The van der Waals surface area contributed by atoms with E-state index in [9.17, 15) is 0 Å². The highest BCUT2D eigenvalue weighted by Crippen LogP contribution is 2.37. The third-order valence-electron chi connectivity index (χ3n) is 2.67. The molecule has 0 spiro atoms. The number of hydrogen-bond acceptors (Lipinski definition) is 4. The van der Waals surface area contributed by atoms with E-state index >= 15 is 0 Å². The monoisotopic (exact) mass is 276 g/mol. The maximum absolute atomic E-state index is 5.51. The predicted octanol–water partition coefficient (Wildman–Crippen LogP) is 4.15. The lowest BCUT2D eigenvalue weighted by atomic mass is 10.1. The summed E-state index contributed by atoms with van der Waals surface area (Å²) in [6.45, 7) is 10.5. The molecule has 1 aromatic heterocycles. The minimum absolute atomic E-state index is 0.163. The standard InChI is InChI=1S/C15H20N2OS/c1-9-14-12(17-10(2)16-9)7-11(8-13(14)18-6)19-15(3,4)5/h7-8H,1-6H3. The first-order valence-corrected chi connectivity index (χ1v) is 7.14. The normalized spacial score (nSPS) is 11.9. The van der Waals surface area contributed by atoms with E-state index < -0.39 is 0 Å². The van der Waals surface area contributed by atoms with Crippen molar-refractivity contribution in [1.29, 1.82) is 0 Å². The largest absolute Gasteiger partial charge is 0.496 e. The molecule has 0 N–H and O–H groups in total. The molecule has 0 aliphatic heterocycles. The fourth-order valence-corrected chi connectivity index (χ4v) is 3.14. The van der Waals surface area contributed by atoms with Crippen molar-refractivity contribution in [3.8, 4) is 5.75 Å². The number of fused-ring (bicyclic) bond motifs is 1. The average Bonchev–Trinajstić information content (AvgIpc) is 2.24. The number of hydrogen-bond donors (Lipinski definition) is 0. The summed E-state index contributed by atoms with van der Waals surface area (Å²) in [5.41, 5.74) is 1.92. The van der Waals surface area contributed by atoms with Gasteiger partial charge in [0.15, 0.2) is 0 Å². The average molecular weight is 276 g/mol. The van der Waals surface area contributed by atoms with Crippen molar-refractivity contribution >= 4 is 22.7 Å². The van der Waals surface area contributed by atoms with Gasteiger partial charge in [-0.15, -0.1) is 11.8 Å². The van der Waals surface area contributed by atoms with Crippen LogP contribution in [0.25, 0.3) is 10.9 Å². The molecule has 1 aromatic carbocycles. The predicted molar refractivity (Wildman–Crippen MR) is 81.2 cm³/mol. The van der Waals surface area contributed by atoms with Crippen molar-refractivity contribution in [2.45, 2.75) is 44.3 Å². The summed E-state index contributed by atoms with van der Waals surface area (Å²) in [7, 11) is 1.69. The van der Waals surface area contributed by atoms with Crippen molar-refractivity contribution < 1.29 is 4.74 Å². The van der Waals surface area contributed by atoms with Crippen LogP contribution in [-0.2, 0) is 0 Å². The second kappa shape index (κ2) is 5.00. The SMILES string of the molecule is COc1cc(SC(C)(C)C)cc2nc(C)nc(C)c12. The zero-order valence-corrected chi connectivity index (χ0v) is 13.2. The van der Waals surface area contributed by atoms with Gasteiger partial charge in [-0.1, -0.05) is 20.8 Å². The van der Waals surface area contributed by atoms with Gasteiger partial charge in [-0.3, -0.25) is 0 Å². The first kappa shape index (κ1) is 14.1. The van der Waals surface area contributed by atoms with E-state index in [1.807, 2.05) is 25.6 Å². The molecule has 19 heavy (non-hydrogen) atoms. The number of ether oxygens (including phenoxy) is 1. The molecule has 0 radical (unpaired) electrons. The summed E-state index contributed by atoms with van der Waals surface area (Å²) in [5, 5.41) is 1.01. The lowest BCUT2D eigenvalue weighted by molar-refractivity contribution is 0.418. The molecule has 102 valence electrons. The topological polar surface area (TPSA) is 35.0 Å². The molecule has 0 aliphatic carbocycles. The molecule has 0 amide bonds. The molecule has 0 unspecified atom stereocenters. The van der Waals surface area contributed by atoms with Gasteiger partial charge in [0.05, 0.1) is 23.7 Å². The molecule has 2 rings (SSSR count). The van der Waals surface area contributed by atoms with Crippen LogP contribution in [0.2, 0.25) is 0 Å². The van der Waals surface area contributed by atoms with E-state index in [1.165, 1.54) is 4.90 Å². The van der Waals surface area contributed by atoms with E-state index in [-0.39, 0.29) is 4.75 Å². The summed E-state index contributed by atoms with van der Waals surface area (Å²) < 4.78 is 5.67. The molecule has 0 saturated carbocycles. The molecule has 2 aromatic rings. The van der Waals surface area contributed by atoms with Crippen LogP contribution in [0.4, 0.5) is 0 Å². The van der Waals surface area contributed by atoms with Gasteiger partial charge in [0.25, 0.3) is 0 Å². The zero-order valence-electron chi connectivity index (χ0n) is 12.4. The Morgan fingerprint density at radius 1 is 1.11 bits per heavy atom. The summed E-state index contributed by atoms with van der Waals surface area (Å²) in [6, 6.07) is 4.19. The number of aryl methyl sites for hydroxylation is 2. The molecule has 4 heteroatoms. The van der Waals surface area contributed by atoms with Gasteiger partial charge in [-0.25, -0.2) is 9.97 Å². The quantitative estimate of drug-likeness (QED) is 0.772. The lowest BCUT2D eigenvalue weighted by Crippen LogP contribution is -2.06. The minimum atomic E-state index is 0.163. The number of methoxy groups -OCH3 is 1. The van der Waals surface area contributed by atoms with Crippen LogP contribution >= 0.6 is 11.8 Å². The van der Waals surface area contributed by atoms with Crippen LogP contribution in [0.15, 0.2) is 17.0 Å². The van der Waals surface area contributed by atoms with Gasteiger partial charge in [-0.05, 0) is 26.0 Å². The van der Waals surface area contributed by atoms with Crippen LogP contribution in [-0.4, -0.2) is 21.8 Å². The zero-order chi connectivity index (χ0) is 14.2. The fraction of sp³-hybridized carbons (Fsp3) is 0.467. The number of thioether (sulfide) groups is 1. The summed E-state index contributed by atoms with van der Waals surface area (Å²) in [4.78, 5) is 10.1. The number of aromatic nitrogens is 2. The van der Waals surface area contributed by atoms with E-state index in [1.54, 1.807) is 7.11 Å². The van der Waals surface area contributed by atoms with Crippen molar-refractivity contribution in [3.05, 3.63) is 23.7 Å². The lowest BCUT2D eigenvalue weighted by Gasteiger charge is -2.19. The summed E-state index contributed by atoms with van der Waals surface area (Å²) >= 11 is 1.82. The molecule has 0 atom stereocenters. The summed E-state index contributed by atoms with van der Waals surface area (Å²) in [6.07, 6.45) is 0. The Labute approximate surface area is 118 Å². The third kappa shape index (κ3) is 3.18. The molecule has 0 aliphatic rings. The van der Waals surface area contributed by atoms with Gasteiger partial charge in [-0.2, -0.15) is 0 Å². The first-order valence-electron chi connectivity index (χ1n) is 6.32. The highest BCUT2D eigenvalue weighted by molar-refractivity contribution is 8.00.